The number of carboxylic acids is 2. The van der Waals surface area contributed by atoms with E-state index in [1.54, 1.807) is 0 Å². The monoisotopic (exact) mass is 632 g/mol. The number of amides is 2. The topological polar surface area (TPSA) is 225 Å². The molecule has 0 saturated carbocycles. The van der Waals surface area contributed by atoms with Crippen molar-refractivity contribution in [2.75, 3.05) is 29.9 Å². The first-order valence-electron chi connectivity index (χ1n) is 13.2. The largest absolute Gasteiger partial charge is 0.478 e. The average molecular weight is 633 g/mol. The van der Waals surface area contributed by atoms with Crippen molar-refractivity contribution >= 4 is 63.6 Å². The molecule has 7 N–H and O–H groups in total. The van der Waals surface area contributed by atoms with Gasteiger partial charge in [-0.3, -0.25) is 14.5 Å². The van der Waals surface area contributed by atoms with E-state index in [2.05, 4.69) is 30.5 Å². The summed E-state index contributed by atoms with van der Waals surface area (Å²) in [5, 5.41) is 31.7. The number of aromatic nitrogens is 3. The molecule has 0 radical (unpaired) electrons. The third-order valence-electron chi connectivity index (χ3n) is 6.98. The van der Waals surface area contributed by atoms with E-state index in [1.165, 1.54) is 30.5 Å². The number of carbonyl (C=O) groups is 4. The molecule has 2 aromatic rings. The zero-order chi connectivity index (χ0) is 30.9. The fourth-order valence-corrected chi connectivity index (χ4v) is 6.39. The molecular formula is C25H30N9O7S2+. The SMILES string of the molecule is CC(C)(O/N=C(\C(=O)N[C@@H]1C(=O)N2C(C(=O)O)=C(C[n+]3ccc(N[C@@H]4CCNC4)cc3)CS[C@H]12)c1nsc(N)n1)C(=O)O. The highest BCUT2D eigenvalue weighted by Crippen LogP contribution is 2.40. The molecule has 5 rings (SSSR count). The van der Waals surface area contributed by atoms with Crippen LogP contribution in [0.3, 0.4) is 0 Å². The summed E-state index contributed by atoms with van der Waals surface area (Å²) in [7, 11) is 0. The lowest BCUT2D eigenvalue weighted by Gasteiger charge is -2.49. The van der Waals surface area contributed by atoms with Crippen LogP contribution in [0.5, 0.6) is 0 Å². The molecule has 0 aromatic carbocycles. The summed E-state index contributed by atoms with van der Waals surface area (Å²) in [4.78, 5) is 60.3. The number of hydrogen-bond acceptors (Lipinski definition) is 13. The van der Waals surface area contributed by atoms with Crippen molar-refractivity contribution in [1.29, 1.82) is 0 Å². The van der Waals surface area contributed by atoms with Gasteiger partial charge in [-0.05, 0) is 26.8 Å². The first kappa shape index (κ1) is 30.2. The van der Waals surface area contributed by atoms with Crippen LogP contribution in [-0.2, 0) is 30.6 Å². The molecule has 0 spiro atoms. The Morgan fingerprint density at radius 3 is 2.65 bits per heavy atom. The van der Waals surface area contributed by atoms with Crippen LogP contribution in [-0.4, -0.2) is 95.8 Å². The lowest BCUT2D eigenvalue weighted by molar-refractivity contribution is -0.688. The fraction of sp³-hybridized carbons (Fsp3) is 0.440. The molecule has 228 valence electrons. The predicted molar refractivity (Wildman–Crippen MR) is 155 cm³/mol. The predicted octanol–water partition coefficient (Wildman–Crippen LogP) is -0.796. The molecule has 43 heavy (non-hydrogen) atoms. The second kappa shape index (κ2) is 12.1. The number of aliphatic carboxylic acids is 2. The number of pyridine rings is 1. The number of β-lactam (4-membered cyclic amide) rings is 1. The Labute approximate surface area is 253 Å². The Balaban J connectivity index is 1.30. The minimum absolute atomic E-state index is 0.0281. The van der Waals surface area contributed by atoms with Crippen LogP contribution in [0.1, 0.15) is 26.1 Å². The van der Waals surface area contributed by atoms with E-state index in [0.29, 0.717) is 17.4 Å². The van der Waals surface area contributed by atoms with Gasteiger partial charge in [0.05, 0.1) is 0 Å². The number of hydrogen-bond donors (Lipinski definition) is 6. The molecule has 2 aromatic heterocycles. The number of carbonyl (C=O) groups excluding carboxylic acids is 2. The number of rotatable bonds is 11. The fourth-order valence-electron chi connectivity index (χ4n) is 4.62. The van der Waals surface area contributed by atoms with Gasteiger partial charge in [0.2, 0.25) is 17.1 Å². The Bertz CT molecular complexity index is 1500. The van der Waals surface area contributed by atoms with E-state index < -0.39 is 46.5 Å². The summed E-state index contributed by atoms with van der Waals surface area (Å²) in [6, 6.07) is 3.12. The van der Waals surface area contributed by atoms with Crippen LogP contribution in [0.2, 0.25) is 0 Å². The molecule has 0 unspecified atom stereocenters. The molecule has 3 aliphatic rings. The van der Waals surface area contributed by atoms with Gasteiger partial charge in [-0.2, -0.15) is 9.36 Å². The first-order chi connectivity index (χ1) is 20.4. The summed E-state index contributed by atoms with van der Waals surface area (Å²) in [5.74, 6) is -4.02. The lowest BCUT2D eigenvalue weighted by Crippen LogP contribution is -2.71. The van der Waals surface area contributed by atoms with E-state index in [1.807, 2.05) is 29.1 Å². The van der Waals surface area contributed by atoms with Crippen LogP contribution < -0.4 is 26.3 Å². The van der Waals surface area contributed by atoms with Crippen molar-refractivity contribution in [2.24, 2.45) is 5.16 Å². The molecule has 2 saturated heterocycles. The summed E-state index contributed by atoms with van der Waals surface area (Å²) < 4.78 is 5.78. The maximum atomic E-state index is 13.2. The van der Waals surface area contributed by atoms with Crippen LogP contribution in [0.4, 0.5) is 10.8 Å². The molecule has 16 nitrogen and oxygen atoms in total. The number of oxime groups is 1. The van der Waals surface area contributed by atoms with E-state index in [-0.39, 0.29) is 23.2 Å². The lowest BCUT2D eigenvalue weighted by atomic mass is 10.0. The van der Waals surface area contributed by atoms with Crippen LogP contribution in [0.15, 0.2) is 41.0 Å². The minimum Gasteiger partial charge on any atom is -0.478 e. The molecule has 18 heteroatoms. The number of fused-ring (bicyclic) bond motifs is 1. The van der Waals surface area contributed by atoms with Gasteiger partial charge in [0.1, 0.15) is 17.1 Å². The maximum Gasteiger partial charge on any atom is 0.352 e. The zero-order valence-electron chi connectivity index (χ0n) is 23.1. The van der Waals surface area contributed by atoms with Crippen molar-refractivity contribution in [3.05, 3.63) is 41.6 Å². The van der Waals surface area contributed by atoms with Gasteiger partial charge >= 0.3 is 11.9 Å². The highest BCUT2D eigenvalue weighted by Gasteiger charge is 2.55. The van der Waals surface area contributed by atoms with E-state index >= 15 is 0 Å². The molecule has 3 aliphatic heterocycles. The van der Waals surface area contributed by atoms with Gasteiger partial charge in [0.15, 0.2) is 24.1 Å². The summed E-state index contributed by atoms with van der Waals surface area (Å²) in [6.07, 6.45) is 4.74. The zero-order valence-corrected chi connectivity index (χ0v) is 24.8. The van der Waals surface area contributed by atoms with Crippen LogP contribution in [0, 0.1) is 0 Å². The summed E-state index contributed by atoms with van der Waals surface area (Å²) in [5.41, 5.74) is 4.76. The first-order valence-corrected chi connectivity index (χ1v) is 15.0. The van der Waals surface area contributed by atoms with Crippen molar-refractivity contribution < 1.29 is 38.8 Å². The van der Waals surface area contributed by atoms with Crippen LogP contribution in [0.25, 0.3) is 0 Å². The molecular weight excluding hydrogens is 602 g/mol. The normalized spacial score (nSPS) is 22.1. The molecule has 2 fully saturated rings. The number of carboxylic acid groups (broad SMARTS) is 2. The number of nitrogens with one attached hydrogen (secondary N) is 3. The highest BCUT2D eigenvalue weighted by atomic mass is 32.2. The Morgan fingerprint density at radius 2 is 2.05 bits per heavy atom. The average Bonchev–Trinajstić information content (AvgIpc) is 3.64. The maximum absolute atomic E-state index is 13.2. The number of anilines is 2. The standard InChI is InChI=1S/C25H29N9O7S2/c1-25(2,23(39)40)41-31-15(18-30-24(26)43-32-18)19(35)29-16-20(36)34-17(22(37)38)12(11-42-21(16)34)10-33-7-4-13(5-8-33)28-14-3-6-27-9-14/h4-5,7-8,14,16,21,27H,3,6,9-11H2,1-2H3,(H5,26,29,30,32,35,37,38,39,40)/p+1/b31-15-/t14-,16-,21-/m1/s1. The van der Waals surface area contributed by atoms with Crippen molar-refractivity contribution in [3.8, 4) is 0 Å². The van der Waals surface area contributed by atoms with Gasteiger partial charge in [0, 0.05) is 53.3 Å². The second-order valence-corrected chi connectivity index (χ2v) is 12.4. The molecule has 3 atom stereocenters. The van der Waals surface area contributed by atoms with Gasteiger partial charge in [0.25, 0.3) is 11.8 Å². The van der Waals surface area contributed by atoms with Crippen molar-refractivity contribution in [2.45, 2.75) is 49.9 Å². The van der Waals surface area contributed by atoms with Gasteiger partial charge < -0.3 is 36.7 Å². The summed E-state index contributed by atoms with van der Waals surface area (Å²) in [6.45, 7) is 4.60. The van der Waals surface area contributed by atoms with E-state index in [0.717, 1.165) is 36.7 Å². The number of thioether (sulfide) groups is 1. The van der Waals surface area contributed by atoms with Gasteiger partial charge in [-0.25, -0.2) is 14.2 Å². The molecule has 0 bridgehead atoms. The van der Waals surface area contributed by atoms with E-state index in [9.17, 15) is 29.4 Å². The highest BCUT2D eigenvalue weighted by molar-refractivity contribution is 8.00. The number of nitrogen functional groups attached to an aromatic ring is 1. The Kier molecular flexibility index (Phi) is 8.52. The second-order valence-electron chi connectivity index (χ2n) is 10.5. The number of nitrogens with two attached hydrogens (primary N) is 1. The van der Waals surface area contributed by atoms with Crippen LogP contribution >= 0.6 is 23.3 Å². The Morgan fingerprint density at radius 1 is 1.30 bits per heavy atom. The Hall–Kier alpha value is -4.29. The molecule has 2 amide bonds. The number of nitrogens with zero attached hydrogens (tertiary/aromatic N) is 5. The molecule has 5 heterocycles. The smallest absolute Gasteiger partial charge is 0.352 e. The van der Waals surface area contributed by atoms with Gasteiger partial charge in [-0.15, -0.1) is 11.8 Å². The third-order valence-corrected chi connectivity index (χ3v) is 8.86. The molecule has 0 aliphatic carbocycles. The van der Waals surface area contributed by atoms with Crippen molar-refractivity contribution in [3.63, 3.8) is 0 Å². The van der Waals surface area contributed by atoms with E-state index in [4.69, 9.17) is 10.6 Å². The minimum atomic E-state index is -1.78. The summed E-state index contributed by atoms with van der Waals surface area (Å²) >= 11 is 2.10. The van der Waals surface area contributed by atoms with Crippen molar-refractivity contribution in [1.82, 2.24) is 24.9 Å². The van der Waals surface area contributed by atoms with Gasteiger partial charge in [-0.1, -0.05) is 5.16 Å². The third kappa shape index (κ3) is 6.40. The quantitative estimate of drug-likeness (QED) is 0.0773.